The molecule has 0 aliphatic heterocycles. The number of hydrogen-bond donors (Lipinski definition) is 1. The minimum Gasteiger partial charge on any atom is -0.467 e. The van der Waals surface area contributed by atoms with Crippen molar-refractivity contribution in [3.8, 4) is 5.75 Å². The summed E-state index contributed by atoms with van der Waals surface area (Å²) in [4.78, 5) is 0. The first kappa shape index (κ1) is 13.0. The zero-order valence-electron chi connectivity index (χ0n) is 10.4. The summed E-state index contributed by atoms with van der Waals surface area (Å²) < 4.78 is 10.9. The number of aryl methyl sites for hydroxylation is 1. The standard InChI is InChI=1S/C13H21NO2/c1-4-14-9-12-8-6-7-11(3)13(12)16-10-15-5-2/h6-8,14H,4-5,9-10H2,1-3H3. The molecule has 0 bridgehead atoms. The quantitative estimate of drug-likeness (QED) is 0.569. The summed E-state index contributed by atoms with van der Waals surface area (Å²) in [5.74, 6) is 0.942. The summed E-state index contributed by atoms with van der Waals surface area (Å²) >= 11 is 0. The molecule has 16 heavy (non-hydrogen) atoms. The molecule has 0 unspecified atom stereocenters. The lowest BCUT2D eigenvalue weighted by molar-refractivity contribution is 0.0214. The fourth-order valence-electron chi connectivity index (χ4n) is 1.50. The number of nitrogens with one attached hydrogen (secondary N) is 1. The molecule has 1 aromatic carbocycles. The van der Waals surface area contributed by atoms with Gasteiger partial charge in [-0.05, 0) is 26.0 Å². The van der Waals surface area contributed by atoms with Crippen LogP contribution in [-0.4, -0.2) is 19.9 Å². The maximum atomic E-state index is 5.64. The molecule has 0 aromatic heterocycles. The summed E-state index contributed by atoms with van der Waals surface area (Å²) in [6.45, 7) is 8.89. The monoisotopic (exact) mass is 223 g/mol. The first-order valence-electron chi connectivity index (χ1n) is 5.79. The predicted molar refractivity (Wildman–Crippen MR) is 65.7 cm³/mol. The van der Waals surface area contributed by atoms with Crippen LogP contribution in [0, 0.1) is 6.92 Å². The number of para-hydroxylation sites is 1. The van der Waals surface area contributed by atoms with Gasteiger partial charge in [-0.15, -0.1) is 0 Å². The molecule has 0 saturated carbocycles. The van der Waals surface area contributed by atoms with Crippen LogP contribution in [0.3, 0.4) is 0 Å². The van der Waals surface area contributed by atoms with Crippen molar-refractivity contribution in [3.05, 3.63) is 29.3 Å². The number of benzene rings is 1. The molecule has 0 saturated heterocycles. The highest BCUT2D eigenvalue weighted by Crippen LogP contribution is 2.23. The zero-order valence-corrected chi connectivity index (χ0v) is 10.4. The van der Waals surface area contributed by atoms with Gasteiger partial charge in [-0.2, -0.15) is 0 Å². The van der Waals surface area contributed by atoms with E-state index in [9.17, 15) is 0 Å². The maximum Gasteiger partial charge on any atom is 0.189 e. The van der Waals surface area contributed by atoms with E-state index < -0.39 is 0 Å². The van der Waals surface area contributed by atoms with Crippen molar-refractivity contribution in [2.45, 2.75) is 27.3 Å². The molecule has 1 rings (SSSR count). The van der Waals surface area contributed by atoms with Crippen LogP contribution < -0.4 is 10.1 Å². The minimum atomic E-state index is 0.320. The van der Waals surface area contributed by atoms with Crippen molar-refractivity contribution in [2.75, 3.05) is 19.9 Å². The zero-order chi connectivity index (χ0) is 11.8. The second kappa shape index (κ2) is 7.25. The third-order valence-corrected chi connectivity index (χ3v) is 2.35. The molecule has 0 aliphatic carbocycles. The van der Waals surface area contributed by atoms with Crippen molar-refractivity contribution in [1.82, 2.24) is 5.32 Å². The summed E-state index contributed by atoms with van der Waals surface area (Å²) in [5, 5.41) is 3.30. The molecule has 0 atom stereocenters. The Balaban J connectivity index is 2.69. The topological polar surface area (TPSA) is 30.5 Å². The molecule has 1 N–H and O–H groups in total. The lowest BCUT2D eigenvalue weighted by Gasteiger charge is -2.14. The van der Waals surface area contributed by atoms with Crippen LogP contribution in [-0.2, 0) is 11.3 Å². The molecule has 0 fully saturated rings. The predicted octanol–water partition coefficient (Wildman–Crippen LogP) is 2.48. The average molecular weight is 223 g/mol. The Bertz CT molecular complexity index is 313. The molecular formula is C13H21NO2. The van der Waals surface area contributed by atoms with Gasteiger partial charge in [0.25, 0.3) is 0 Å². The van der Waals surface area contributed by atoms with Crippen molar-refractivity contribution in [1.29, 1.82) is 0 Å². The SMILES string of the molecule is CCNCc1cccc(C)c1OCOCC. The van der Waals surface area contributed by atoms with Crippen LogP contribution in [0.15, 0.2) is 18.2 Å². The van der Waals surface area contributed by atoms with Crippen LogP contribution in [0.2, 0.25) is 0 Å². The molecule has 0 amide bonds. The molecule has 0 radical (unpaired) electrons. The summed E-state index contributed by atoms with van der Waals surface area (Å²) in [6, 6.07) is 6.18. The van der Waals surface area contributed by atoms with Crippen LogP contribution in [0.25, 0.3) is 0 Å². The normalized spacial score (nSPS) is 10.4. The fourth-order valence-corrected chi connectivity index (χ4v) is 1.50. The van der Waals surface area contributed by atoms with E-state index in [2.05, 4.69) is 37.4 Å². The Morgan fingerprint density at radius 2 is 2.06 bits per heavy atom. The lowest BCUT2D eigenvalue weighted by atomic mass is 10.1. The second-order valence-corrected chi connectivity index (χ2v) is 3.60. The van der Waals surface area contributed by atoms with E-state index in [1.54, 1.807) is 0 Å². The second-order valence-electron chi connectivity index (χ2n) is 3.60. The van der Waals surface area contributed by atoms with Crippen LogP contribution in [0.1, 0.15) is 25.0 Å². The molecule has 0 heterocycles. The molecular weight excluding hydrogens is 202 g/mol. The van der Waals surface area contributed by atoms with Gasteiger partial charge < -0.3 is 14.8 Å². The van der Waals surface area contributed by atoms with Crippen LogP contribution in [0.4, 0.5) is 0 Å². The van der Waals surface area contributed by atoms with E-state index in [0.29, 0.717) is 13.4 Å². The van der Waals surface area contributed by atoms with E-state index in [-0.39, 0.29) is 0 Å². The Morgan fingerprint density at radius 3 is 2.75 bits per heavy atom. The van der Waals surface area contributed by atoms with Crippen LogP contribution >= 0.6 is 0 Å². The van der Waals surface area contributed by atoms with Gasteiger partial charge in [0.1, 0.15) is 5.75 Å². The van der Waals surface area contributed by atoms with E-state index in [1.807, 2.05) is 6.92 Å². The molecule has 3 heteroatoms. The van der Waals surface area contributed by atoms with Gasteiger partial charge in [0.2, 0.25) is 0 Å². The highest BCUT2D eigenvalue weighted by Gasteiger charge is 2.06. The highest BCUT2D eigenvalue weighted by atomic mass is 16.7. The first-order valence-corrected chi connectivity index (χ1v) is 5.79. The Morgan fingerprint density at radius 1 is 1.25 bits per heavy atom. The van der Waals surface area contributed by atoms with Crippen molar-refractivity contribution in [3.63, 3.8) is 0 Å². The Hall–Kier alpha value is -1.06. The highest BCUT2D eigenvalue weighted by molar-refractivity contribution is 5.40. The van der Waals surface area contributed by atoms with Crippen molar-refractivity contribution >= 4 is 0 Å². The third-order valence-electron chi connectivity index (χ3n) is 2.35. The summed E-state index contributed by atoms with van der Waals surface area (Å²) in [5.41, 5.74) is 2.33. The van der Waals surface area contributed by atoms with Gasteiger partial charge in [0.15, 0.2) is 6.79 Å². The van der Waals surface area contributed by atoms with E-state index in [0.717, 1.165) is 24.4 Å². The molecule has 1 aromatic rings. The number of rotatable bonds is 7. The first-order chi connectivity index (χ1) is 7.79. The Labute approximate surface area is 97.8 Å². The van der Waals surface area contributed by atoms with E-state index in [4.69, 9.17) is 9.47 Å². The molecule has 0 aliphatic rings. The van der Waals surface area contributed by atoms with Crippen LogP contribution in [0.5, 0.6) is 5.75 Å². The van der Waals surface area contributed by atoms with Gasteiger partial charge in [0.05, 0.1) is 0 Å². The largest absolute Gasteiger partial charge is 0.467 e. The molecule has 3 nitrogen and oxygen atoms in total. The third kappa shape index (κ3) is 3.83. The van der Waals surface area contributed by atoms with E-state index in [1.165, 1.54) is 5.56 Å². The van der Waals surface area contributed by atoms with Gasteiger partial charge >= 0.3 is 0 Å². The lowest BCUT2D eigenvalue weighted by Crippen LogP contribution is -2.14. The van der Waals surface area contributed by atoms with Crippen molar-refractivity contribution < 1.29 is 9.47 Å². The summed E-state index contributed by atoms with van der Waals surface area (Å²) in [7, 11) is 0. The molecule has 90 valence electrons. The van der Waals surface area contributed by atoms with Gasteiger partial charge in [-0.1, -0.05) is 25.1 Å². The number of hydrogen-bond acceptors (Lipinski definition) is 3. The minimum absolute atomic E-state index is 0.320. The number of ether oxygens (including phenoxy) is 2. The van der Waals surface area contributed by atoms with Crippen molar-refractivity contribution in [2.24, 2.45) is 0 Å². The fraction of sp³-hybridized carbons (Fsp3) is 0.538. The van der Waals surface area contributed by atoms with Gasteiger partial charge in [0, 0.05) is 18.7 Å². The summed E-state index contributed by atoms with van der Waals surface area (Å²) in [6.07, 6.45) is 0. The smallest absolute Gasteiger partial charge is 0.189 e. The van der Waals surface area contributed by atoms with E-state index >= 15 is 0 Å². The van der Waals surface area contributed by atoms with Gasteiger partial charge in [-0.25, -0.2) is 0 Å². The average Bonchev–Trinajstić information content (AvgIpc) is 2.29. The Kier molecular flexibility index (Phi) is 5.90. The van der Waals surface area contributed by atoms with Gasteiger partial charge in [-0.3, -0.25) is 0 Å². The molecule has 0 spiro atoms. The maximum absolute atomic E-state index is 5.64.